The summed E-state index contributed by atoms with van der Waals surface area (Å²) in [5, 5.41) is 2.85. The molecule has 1 aromatic carbocycles. The number of rotatable bonds is 6. The highest BCUT2D eigenvalue weighted by Gasteiger charge is 2.48. The van der Waals surface area contributed by atoms with Crippen molar-refractivity contribution in [2.24, 2.45) is 5.92 Å². The Morgan fingerprint density at radius 1 is 1.12 bits per heavy atom. The Balaban J connectivity index is 1.81. The van der Waals surface area contributed by atoms with Crippen molar-refractivity contribution in [3.63, 3.8) is 0 Å². The first kappa shape index (κ1) is 21.7. The van der Waals surface area contributed by atoms with E-state index in [0.29, 0.717) is 28.5 Å². The van der Waals surface area contributed by atoms with E-state index in [0.717, 1.165) is 5.56 Å². The summed E-state index contributed by atoms with van der Waals surface area (Å²) in [6.07, 6.45) is 1.87. The van der Waals surface area contributed by atoms with Crippen LogP contribution in [-0.2, 0) is 19.1 Å². The second-order valence-electron chi connectivity index (χ2n) is 7.73. The lowest BCUT2D eigenvalue weighted by Crippen LogP contribution is -2.44. The Morgan fingerprint density at radius 2 is 1.91 bits per heavy atom. The van der Waals surface area contributed by atoms with Gasteiger partial charge in [0, 0.05) is 29.5 Å². The number of hydrogen-bond donors (Lipinski definition) is 1. The molecule has 4 rings (SSSR count). The van der Waals surface area contributed by atoms with Crippen LogP contribution in [0.25, 0.3) is 0 Å². The SMILES string of the molecule is CCOC(=O)[C@@H]1C(=O)C2=C(C[C@@H]1c1ccco1)NC(=O)C[C@@H]2c1ccc(OC)c(OC)c1. The highest BCUT2D eigenvalue weighted by atomic mass is 16.5. The maximum absolute atomic E-state index is 13.7. The standard InChI is InChI=1S/C24H25NO7/c1-4-31-24(28)22-15(17-6-5-9-32-17)11-16-21(23(22)27)14(12-20(26)25-16)13-7-8-18(29-2)19(10-13)30-3/h5-10,14-15,22H,4,11-12H2,1-3H3,(H,25,26)/t14-,15-,22+/m1/s1. The number of furan rings is 1. The summed E-state index contributed by atoms with van der Waals surface area (Å²) in [6.45, 7) is 1.86. The summed E-state index contributed by atoms with van der Waals surface area (Å²) in [4.78, 5) is 39.2. The molecule has 2 heterocycles. The van der Waals surface area contributed by atoms with Crippen LogP contribution in [0, 0.1) is 5.92 Å². The quantitative estimate of drug-likeness (QED) is 0.545. The number of nitrogens with one attached hydrogen (secondary N) is 1. The van der Waals surface area contributed by atoms with E-state index in [1.807, 2.05) is 0 Å². The topological polar surface area (TPSA) is 104 Å². The number of benzene rings is 1. The third-order valence-corrected chi connectivity index (χ3v) is 5.99. The van der Waals surface area contributed by atoms with Crippen molar-refractivity contribution in [2.45, 2.75) is 31.6 Å². The van der Waals surface area contributed by atoms with Gasteiger partial charge in [-0.2, -0.15) is 0 Å². The van der Waals surface area contributed by atoms with Gasteiger partial charge in [0.1, 0.15) is 11.7 Å². The van der Waals surface area contributed by atoms with Crippen molar-refractivity contribution >= 4 is 17.7 Å². The fourth-order valence-electron chi connectivity index (χ4n) is 4.58. The second kappa shape index (κ2) is 8.90. The molecule has 1 aliphatic heterocycles. The predicted octanol–water partition coefficient (Wildman–Crippen LogP) is 3.09. The number of amides is 1. The Kier molecular flexibility index (Phi) is 6.03. The molecular formula is C24H25NO7. The Morgan fingerprint density at radius 3 is 2.56 bits per heavy atom. The van der Waals surface area contributed by atoms with Gasteiger partial charge in [0.05, 0.1) is 27.1 Å². The van der Waals surface area contributed by atoms with Gasteiger partial charge in [-0.25, -0.2) is 0 Å². The van der Waals surface area contributed by atoms with Crippen molar-refractivity contribution in [1.82, 2.24) is 5.32 Å². The van der Waals surface area contributed by atoms with Crippen LogP contribution in [0.1, 0.15) is 42.9 Å². The van der Waals surface area contributed by atoms with Crippen LogP contribution in [0.4, 0.5) is 0 Å². The normalized spacial score (nSPS) is 22.8. The summed E-state index contributed by atoms with van der Waals surface area (Å²) < 4.78 is 21.5. The molecule has 1 aromatic heterocycles. The molecule has 32 heavy (non-hydrogen) atoms. The molecule has 8 nitrogen and oxygen atoms in total. The zero-order valence-corrected chi connectivity index (χ0v) is 18.2. The van der Waals surface area contributed by atoms with Crippen LogP contribution in [0.15, 0.2) is 52.3 Å². The molecule has 8 heteroatoms. The largest absolute Gasteiger partial charge is 0.493 e. The summed E-state index contributed by atoms with van der Waals surface area (Å²) in [5.41, 5.74) is 1.68. The van der Waals surface area contributed by atoms with Gasteiger partial charge in [0.15, 0.2) is 17.3 Å². The van der Waals surface area contributed by atoms with Crippen molar-refractivity contribution in [3.8, 4) is 11.5 Å². The average Bonchev–Trinajstić information content (AvgIpc) is 3.32. The van der Waals surface area contributed by atoms with E-state index in [1.54, 1.807) is 37.3 Å². The smallest absolute Gasteiger partial charge is 0.317 e. The minimum atomic E-state index is -1.04. The lowest BCUT2D eigenvalue weighted by atomic mass is 9.69. The van der Waals surface area contributed by atoms with Gasteiger partial charge in [-0.15, -0.1) is 0 Å². The van der Waals surface area contributed by atoms with E-state index in [2.05, 4.69) is 5.32 Å². The zero-order valence-electron chi connectivity index (χ0n) is 18.2. The number of carbonyl (C=O) groups is 3. The van der Waals surface area contributed by atoms with E-state index in [-0.39, 0.29) is 31.1 Å². The molecule has 0 fully saturated rings. The van der Waals surface area contributed by atoms with E-state index in [9.17, 15) is 14.4 Å². The number of methoxy groups -OCH3 is 2. The van der Waals surface area contributed by atoms with Crippen molar-refractivity contribution < 1.29 is 33.0 Å². The van der Waals surface area contributed by atoms with Crippen LogP contribution < -0.4 is 14.8 Å². The van der Waals surface area contributed by atoms with E-state index >= 15 is 0 Å². The number of carbonyl (C=O) groups excluding carboxylic acids is 3. The second-order valence-corrected chi connectivity index (χ2v) is 7.73. The predicted molar refractivity (Wildman–Crippen MR) is 113 cm³/mol. The molecule has 0 unspecified atom stereocenters. The molecule has 1 N–H and O–H groups in total. The summed E-state index contributed by atoms with van der Waals surface area (Å²) >= 11 is 0. The first-order chi connectivity index (χ1) is 15.5. The average molecular weight is 439 g/mol. The molecule has 168 valence electrons. The number of hydrogen-bond acceptors (Lipinski definition) is 7. The van der Waals surface area contributed by atoms with Crippen LogP contribution in [0.3, 0.4) is 0 Å². The van der Waals surface area contributed by atoms with Crippen molar-refractivity contribution in [1.29, 1.82) is 0 Å². The van der Waals surface area contributed by atoms with Gasteiger partial charge in [-0.3, -0.25) is 14.4 Å². The summed E-state index contributed by atoms with van der Waals surface area (Å²) in [7, 11) is 3.06. The first-order valence-corrected chi connectivity index (χ1v) is 10.5. The van der Waals surface area contributed by atoms with E-state index < -0.39 is 23.7 Å². The molecule has 2 aliphatic rings. The molecule has 3 atom stereocenters. The Bertz CT molecular complexity index is 1070. The minimum absolute atomic E-state index is 0.0843. The van der Waals surface area contributed by atoms with Crippen LogP contribution in [-0.4, -0.2) is 38.5 Å². The van der Waals surface area contributed by atoms with Gasteiger partial charge in [-0.1, -0.05) is 6.07 Å². The molecule has 0 saturated heterocycles. The van der Waals surface area contributed by atoms with Crippen molar-refractivity contribution in [3.05, 3.63) is 59.2 Å². The molecule has 0 bridgehead atoms. The first-order valence-electron chi connectivity index (χ1n) is 10.5. The molecule has 2 aromatic rings. The van der Waals surface area contributed by atoms with Gasteiger partial charge >= 0.3 is 5.97 Å². The number of ether oxygens (including phenoxy) is 3. The van der Waals surface area contributed by atoms with Crippen LogP contribution >= 0.6 is 0 Å². The van der Waals surface area contributed by atoms with Gasteiger partial charge in [0.2, 0.25) is 5.91 Å². The molecule has 1 aliphatic carbocycles. The van der Waals surface area contributed by atoms with Crippen molar-refractivity contribution in [2.75, 3.05) is 20.8 Å². The Hall–Kier alpha value is -3.55. The van der Waals surface area contributed by atoms with E-state index in [4.69, 9.17) is 18.6 Å². The molecule has 0 saturated carbocycles. The van der Waals surface area contributed by atoms with Crippen LogP contribution in [0.2, 0.25) is 0 Å². The molecule has 0 spiro atoms. The van der Waals surface area contributed by atoms with Crippen LogP contribution in [0.5, 0.6) is 11.5 Å². The van der Waals surface area contributed by atoms with Gasteiger partial charge in [-0.05, 0) is 43.2 Å². The molecule has 1 amide bonds. The number of allylic oxidation sites excluding steroid dienone is 2. The lowest BCUT2D eigenvalue weighted by molar-refractivity contribution is -0.152. The number of Topliss-reactive ketones (excluding diaryl/α,β-unsaturated/α-hetero) is 1. The summed E-state index contributed by atoms with van der Waals surface area (Å²) in [6, 6.07) is 8.74. The Labute approximate surface area is 185 Å². The molecular weight excluding hydrogens is 414 g/mol. The summed E-state index contributed by atoms with van der Waals surface area (Å²) in [5.74, 6) is -1.70. The maximum atomic E-state index is 13.7. The van der Waals surface area contributed by atoms with Gasteiger partial charge < -0.3 is 23.9 Å². The number of esters is 1. The maximum Gasteiger partial charge on any atom is 0.317 e. The van der Waals surface area contributed by atoms with E-state index in [1.165, 1.54) is 20.5 Å². The lowest BCUT2D eigenvalue weighted by Gasteiger charge is -2.37. The highest BCUT2D eigenvalue weighted by Crippen LogP contribution is 2.46. The minimum Gasteiger partial charge on any atom is -0.493 e. The highest BCUT2D eigenvalue weighted by molar-refractivity contribution is 6.12. The monoisotopic (exact) mass is 439 g/mol. The molecule has 0 radical (unpaired) electrons. The fraction of sp³-hybridized carbons (Fsp3) is 0.375. The fourth-order valence-corrected chi connectivity index (χ4v) is 4.58. The number of ketones is 1. The third kappa shape index (κ3) is 3.77. The van der Waals surface area contributed by atoms with Gasteiger partial charge in [0.25, 0.3) is 0 Å². The third-order valence-electron chi connectivity index (χ3n) is 5.99. The zero-order chi connectivity index (χ0) is 22.8.